The number of nitrogens with two attached hydrogens (primary N) is 1. The number of primary sulfonamides is 1. The Morgan fingerprint density at radius 2 is 1.85 bits per heavy atom. The standard InChI is InChI=1S/C17H23N3O6S/c1-11-7-8-13(27(18,24)25)9-14(11)16(22)26-10-15(21)20-17(23)19-12-5-3-2-4-6-12/h7-9,12H,2-6,10H2,1H3,(H2,18,24,25)(H2,19,20,21,23). The van der Waals surface area contributed by atoms with Crippen LogP contribution in [-0.4, -0.2) is 39.0 Å². The topological polar surface area (TPSA) is 145 Å². The van der Waals surface area contributed by atoms with E-state index in [0.717, 1.165) is 38.2 Å². The van der Waals surface area contributed by atoms with Gasteiger partial charge in [0.1, 0.15) is 0 Å². The van der Waals surface area contributed by atoms with Crippen molar-refractivity contribution in [3.8, 4) is 0 Å². The monoisotopic (exact) mass is 397 g/mol. The molecular weight excluding hydrogens is 374 g/mol. The van der Waals surface area contributed by atoms with Crippen molar-refractivity contribution in [2.24, 2.45) is 5.14 Å². The third-order valence-corrected chi connectivity index (χ3v) is 5.20. The minimum Gasteiger partial charge on any atom is -0.452 e. The lowest BCUT2D eigenvalue weighted by Gasteiger charge is -2.22. The number of urea groups is 1. The zero-order valence-electron chi connectivity index (χ0n) is 15.0. The third-order valence-electron chi connectivity index (χ3n) is 4.29. The van der Waals surface area contributed by atoms with Crippen LogP contribution in [0.15, 0.2) is 23.1 Å². The summed E-state index contributed by atoms with van der Waals surface area (Å²) in [6.45, 7) is 0.914. The lowest BCUT2D eigenvalue weighted by Crippen LogP contribution is -2.46. The summed E-state index contributed by atoms with van der Waals surface area (Å²) in [6, 6.07) is 3.17. The minimum absolute atomic E-state index is 0.0269. The lowest BCUT2D eigenvalue weighted by atomic mass is 9.96. The number of amides is 3. The summed E-state index contributed by atoms with van der Waals surface area (Å²) in [5.74, 6) is -1.67. The van der Waals surface area contributed by atoms with Crippen molar-refractivity contribution in [1.29, 1.82) is 0 Å². The Balaban J connectivity index is 1.87. The van der Waals surface area contributed by atoms with E-state index in [1.165, 1.54) is 12.1 Å². The van der Waals surface area contributed by atoms with Gasteiger partial charge in [0.25, 0.3) is 5.91 Å². The average Bonchev–Trinajstić information content (AvgIpc) is 2.59. The number of nitrogens with one attached hydrogen (secondary N) is 2. The molecule has 0 atom stereocenters. The number of rotatable bonds is 5. The first kappa shape index (κ1) is 20.8. The fourth-order valence-electron chi connectivity index (χ4n) is 2.84. The van der Waals surface area contributed by atoms with Crippen LogP contribution in [0.4, 0.5) is 4.79 Å². The molecule has 0 saturated heterocycles. The molecule has 0 unspecified atom stereocenters. The van der Waals surface area contributed by atoms with E-state index in [2.05, 4.69) is 10.6 Å². The highest BCUT2D eigenvalue weighted by Crippen LogP contribution is 2.17. The molecule has 1 aromatic carbocycles. The molecule has 1 aliphatic rings. The highest BCUT2D eigenvalue weighted by Gasteiger charge is 2.19. The first-order chi connectivity index (χ1) is 12.7. The van der Waals surface area contributed by atoms with E-state index in [1.54, 1.807) is 6.92 Å². The normalized spacial score (nSPS) is 15.0. The van der Waals surface area contributed by atoms with Crippen LogP contribution >= 0.6 is 0 Å². The highest BCUT2D eigenvalue weighted by molar-refractivity contribution is 7.89. The van der Waals surface area contributed by atoms with E-state index in [9.17, 15) is 22.8 Å². The van der Waals surface area contributed by atoms with Gasteiger partial charge in [-0.15, -0.1) is 0 Å². The Morgan fingerprint density at radius 3 is 2.48 bits per heavy atom. The van der Waals surface area contributed by atoms with Gasteiger partial charge in [-0.1, -0.05) is 25.3 Å². The second kappa shape index (κ2) is 8.96. The van der Waals surface area contributed by atoms with Gasteiger partial charge in [0.2, 0.25) is 10.0 Å². The molecule has 4 N–H and O–H groups in total. The largest absolute Gasteiger partial charge is 0.452 e. The Labute approximate surface area is 157 Å². The van der Waals surface area contributed by atoms with Gasteiger partial charge in [-0.05, 0) is 37.5 Å². The average molecular weight is 397 g/mol. The second-order valence-corrected chi connectivity index (χ2v) is 8.02. The predicted octanol–water partition coefficient (Wildman–Crippen LogP) is 0.958. The Kier molecular flexibility index (Phi) is 6.92. The molecule has 0 aromatic heterocycles. The van der Waals surface area contributed by atoms with Gasteiger partial charge < -0.3 is 10.1 Å². The highest BCUT2D eigenvalue weighted by atomic mass is 32.2. The molecule has 9 nitrogen and oxygen atoms in total. The van der Waals surface area contributed by atoms with E-state index in [4.69, 9.17) is 9.88 Å². The van der Waals surface area contributed by atoms with Crippen molar-refractivity contribution in [1.82, 2.24) is 10.6 Å². The zero-order valence-corrected chi connectivity index (χ0v) is 15.8. The first-order valence-corrected chi connectivity index (χ1v) is 10.1. The van der Waals surface area contributed by atoms with Gasteiger partial charge in [-0.3, -0.25) is 10.1 Å². The van der Waals surface area contributed by atoms with E-state index in [1.807, 2.05) is 0 Å². The van der Waals surface area contributed by atoms with Crippen LogP contribution in [0.25, 0.3) is 0 Å². The Morgan fingerprint density at radius 1 is 1.19 bits per heavy atom. The molecule has 0 heterocycles. The van der Waals surface area contributed by atoms with Gasteiger partial charge in [-0.2, -0.15) is 0 Å². The van der Waals surface area contributed by atoms with Gasteiger partial charge in [0, 0.05) is 6.04 Å². The number of hydrogen-bond donors (Lipinski definition) is 3. The number of benzene rings is 1. The molecule has 1 fully saturated rings. The maximum absolute atomic E-state index is 12.1. The molecule has 0 radical (unpaired) electrons. The van der Waals surface area contributed by atoms with Crippen molar-refractivity contribution in [3.63, 3.8) is 0 Å². The van der Waals surface area contributed by atoms with Crippen molar-refractivity contribution >= 4 is 27.9 Å². The smallest absolute Gasteiger partial charge is 0.338 e. The van der Waals surface area contributed by atoms with Crippen LogP contribution in [0.2, 0.25) is 0 Å². The number of hydrogen-bond acceptors (Lipinski definition) is 6. The fraction of sp³-hybridized carbons (Fsp3) is 0.471. The Hall–Kier alpha value is -2.46. The number of sulfonamides is 1. The number of carbonyl (C=O) groups excluding carboxylic acids is 3. The summed E-state index contributed by atoms with van der Waals surface area (Å²) >= 11 is 0. The summed E-state index contributed by atoms with van der Waals surface area (Å²) in [4.78, 5) is 35.4. The van der Waals surface area contributed by atoms with Crippen LogP contribution < -0.4 is 15.8 Å². The lowest BCUT2D eigenvalue weighted by molar-refractivity contribution is -0.123. The van der Waals surface area contributed by atoms with Crippen LogP contribution in [0.5, 0.6) is 0 Å². The third kappa shape index (κ3) is 6.33. The van der Waals surface area contributed by atoms with Gasteiger partial charge >= 0.3 is 12.0 Å². The summed E-state index contributed by atoms with van der Waals surface area (Å²) in [6.07, 6.45) is 4.95. The van der Waals surface area contributed by atoms with Crippen LogP contribution in [0, 0.1) is 6.92 Å². The summed E-state index contributed by atoms with van der Waals surface area (Å²) in [5.41, 5.74) is 0.434. The van der Waals surface area contributed by atoms with Crippen molar-refractivity contribution in [2.45, 2.75) is 50.0 Å². The first-order valence-electron chi connectivity index (χ1n) is 8.58. The van der Waals surface area contributed by atoms with E-state index in [0.29, 0.717) is 5.56 Å². The summed E-state index contributed by atoms with van der Waals surface area (Å²) in [7, 11) is -3.98. The van der Waals surface area contributed by atoms with Crippen molar-refractivity contribution in [2.75, 3.05) is 6.61 Å². The summed E-state index contributed by atoms with van der Waals surface area (Å²) < 4.78 is 27.6. The molecule has 27 heavy (non-hydrogen) atoms. The van der Waals surface area contributed by atoms with Gasteiger partial charge in [0.05, 0.1) is 10.5 Å². The quantitative estimate of drug-likeness (QED) is 0.631. The van der Waals surface area contributed by atoms with Crippen LogP contribution in [-0.2, 0) is 19.6 Å². The molecule has 148 valence electrons. The number of carbonyl (C=O) groups is 3. The second-order valence-electron chi connectivity index (χ2n) is 6.45. The molecular formula is C17H23N3O6S. The van der Waals surface area contributed by atoms with Crippen molar-refractivity contribution in [3.05, 3.63) is 29.3 Å². The van der Waals surface area contributed by atoms with E-state index < -0.39 is 34.5 Å². The number of aryl methyl sites for hydroxylation is 1. The van der Waals surface area contributed by atoms with Crippen molar-refractivity contribution < 1.29 is 27.5 Å². The number of esters is 1. The zero-order chi connectivity index (χ0) is 20.0. The minimum atomic E-state index is -3.98. The molecule has 0 aliphatic heterocycles. The van der Waals surface area contributed by atoms with Gasteiger partial charge in [-0.25, -0.2) is 23.1 Å². The molecule has 1 aliphatic carbocycles. The summed E-state index contributed by atoms with van der Waals surface area (Å²) in [5, 5.41) is 9.85. The fourth-order valence-corrected chi connectivity index (χ4v) is 3.38. The van der Waals surface area contributed by atoms with Crippen LogP contribution in [0.3, 0.4) is 0 Å². The molecule has 10 heteroatoms. The van der Waals surface area contributed by atoms with E-state index >= 15 is 0 Å². The Bertz CT molecular complexity index is 831. The predicted molar refractivity (Wildman–Crippen MR) is 96.4 cm³/mol. The molecule has 1 saturated carbocycles. The maximum atomic E-state index is 12.1. The number of imide groups is 1. The molecule has 0 bridgehead atoms. The SMILES string of the molecule is Cc1ccc(S(N)(=O)=O)cc1C(=O)OCC(=O)NC(=O)NC1CCCCC1. The molecule has 1 aromatic rings. The number of ether oxygens (including phenoxy) is 1. The van der Waals surface area contributed by atoms with E-state index in [-0.39, 0.29) is 16.5 Å². The molecule has 3 amide bonds. The molecule has 0 spiro atoms. The van der Waals surface area contributed by atoms with Crippen LogP contribution in [0.1, 0.15) is 48.0 Å². The maximum Gasteiger partial charge on any atom is 0.338 e. The molecule has 2 rings (SSSR count). The van der Waals surface area contributed by atoms with Gasteiger partial charge in [0.15, 0.2) is 6.61 Å².